The van der Waals surface area contributed by atoms with E-state index in [2.05, 4.69) is 15.5 Å². The number of rotatable bonds is 2. The molecule has 0 saturated heterocycles. The number of carbonyl (C=O) groups excluding carboxylic acids is 2. The summed E-state index contributed by atoms with van der Waals surface area (Å²) in [7, 11) is 0. The number of anilines is 1. The first kappa shape index (κ1) is 13.2. The normalized spacial score (nSPS) is 13.1. The van der Waals surface area contributed by atoms with Crippen molar-refractivity contribution in [2.24, 2.45) is 5.73 Å². The predicted octanol–water partition coefficient (Wildman–Crippen LogP) is 1.36. The highest BCUT2D eigenvalue weighted by molar-refractivity contribution is 6.04. The van der Waals surface area contributed by atoms with Crippen LogP contribution in [0.4, 0.5) is 10.6 Å². The minimum Gasteiger partial charge on any atom is -0.351 e. The molecule has 2 heterocycles. The summed E-state index contributed by atoms with van der Waals surface area (Å²) in [6.07, 6.45) is 0. The number of hydrogen-bond donors (Lipinski definition) is 3. The van der Waals surface area contributed by atoms with Gasteiger partial charge in [0.2, 0.25) is 0 Å². The molecule has 0 bridgehead atoms. The van der Waals surface area contributed by atoms with Crippen LogP contribution in [-0.4, -0.2) is 27.0 Å². The van der Waals surface area contributed by atoms with Gasteiger partial charge in [-0.15, -0.1) is 0 Å². The zero-order valence-electron chi connectivity index (χ0n) is 11.5. The Kier molecular flexibility index (Phi) is 3.09. The second-order valence-corrected chi connectivity index (χ2v) is 5.04. The molecule has 108 valence electrons. The van der Waals surface area contributed by atoms with E-state index in [1.165, 1.54) is 4.90 Å². The molecule has 4 N–H and O–H groups in total. The van der Waals surface area contributed by atoms with Crippen molar-refractivity contribution in [2.45, 2.75) is 20.0 Å². The number of aryl methyl sites for hydroxylation is 1. The van der Waals surface area contributed by atoms with Gasteiger partial charge < -0.3 is 16.0 Å². The number of hydrogen-bond acceptors (Lipinski definition) is 3. The SMILES string of the molecule is Cc1ccc(C(=O)Nc2[nH]nc3c2CN(C(N)=O)C3)cc1. The first-order valence-corrected chi connectivity index (χ1v) is 6.53. The van der Waals surface area contributed by atoms with Crippen molar-refractivity contribution in [3.8, 4) is 0 Å². The molecular formula is C14H15N5O2. The third kappa shape index (κ3) is 2.45. The number of H-pyrrole nitrogens is 1. The quantitative estimate of drug-likeness (QED) is 0.776. The van der Waals surface area contributed by atoms with Gasteiger partial charge in [0.25, 0.3) is 5.91 Å². The van der Waals surface area contributed by atoms with Crippen LogP contribution in [0.15, 0.2) is 24.3 Å². The summed E-state index contributed by atoms with van der Waals surface area (Å²) in [5.41, 5.74) is 8.44. The fraction of sp³-hybridized carbons (Fsp3) is 0.214. The van der Waals surface area contributed by atoms with Gasteiger partial charge in [0.15, 0.2) is 0 Å². The lowest BCUT2D eigenvalue weighted by Crippen LogP contribution is -2.31. The van der Waals surface area contributed by atoms with E-state index in [0.29, 0.717) is 24.5 Å². The van der Waals surface area contributed by atoms with Gasteiger partial charge in [-0.1, -0.05) is 17.7 Å². The second-order valence-electron chi connectivity index (χ2n) is 5.04. The molecule has 3 rings (SSSR count). The van der Waals surface area contributed by atoms with Crippen molar-refractivity contribution < 1.29 is 9.59 Å². The monoisotopic (exact) mass is 285 g/mol. The van der Waals surface area contributed by atoms with Crippen LogP contribution < -0.4 is 11.1 Å². The van der Waals surface area contributed by atoms with E-state index < -0.39 is 6.03 Å². The average molecular weight is 285 g/mol. The van der Waals surface area contributed by atoms with Crippen LogP contribution in [0.25, 0.3) is 0 Å². The summed E-state index contributed by atoms with van der Waals surface area (Å²) in [4.78, 5) is 24.8. The maximum atomic E-state index is 12.2. The number of nitrogens with one attached hydrogen (secondary N) is 2. The summed E-state index contributed by atoms with van der Waals surface area (Å²) in [6.45, 7) is 2.67. The maximum Gasteiger partial charge on any atom is 0.315 e. The van der Waals surface area contributed by atoms with Crippen molar-refractivity contribution in [1.29, 1.82) is 0 Å². The van der Waals surface area contributed by atoms with E-state index in [0.717, 1.165) is 16.8 Å². The number of nitrogens with zero attached hydrogens (tertiary/aromatic N) is 2. The molecule has 0 saturated carbocycles. The third-order valence-corrected chi connectivity index (χ3v) is 3.51. The largest absolute Gasteiger partial charge is 0.351 e. The lowest BCUT2D eigenvalue weighted by molar-refractivity contribution is 0.102. The molecule has 1 aliphatic heterocycles. The van der Waals surface area contributed by atoms with E-state index in [4.69, 9.17) is 5.73 Å². The van der Waals surface area contributed by atoms with Gasteiger partial charge in [-0.3, -0.25) is 9.89 Å². The smallest absolute Gasteiger partial charge is 0.315 e. The Bertz CT molecular complexity index is 705. The Morgan fingerprint density at radius 1 is 1.29 bits per heavy atom. The van der Waals surface area contributed by atoms with Crippen LogP contribution in [0.5, 0.6) is 0 Å². The molecule has 0 aliphatic carbocycles. The number of amides is 3. The maximum absolute atomic E-state index is 12.2. The molecule has 3 amide bonds. The zero-order chi connectivity index (χ0) is 15.0. The van der Waals surface area contributed by atoms with Crippen molar-refractivity contribution in [3.05, 3.63) is 46.6 Å². The Hall–Kier alpha value is -2.83. The highest BCUT2D eigenvalue weighted by atomic mass is 16.2. The molecule has 7 heteroatoms. The minimum absolute atomic E-state index is 0.223. The van der Waals surface area contributed by atoms with Gasteiger partial charge in [0, 0.05) is 11.1 Å². The van der Waals surface area contributed by atoms with Crippen LogP contribution in [0, 0.1) is 6.92 Å². The highest BCUT2D eigenvalue weighted by Crippen LogP contribution is 2.27. The molecule has 2 aromatic rings. The Morgan fingerprint density at radius 3 is 2.67 bits per heavy atom. The standard InChI is InChI=1S/C14H15N5O2/c1-8-2-4-9(5-3-8)13(20)16-12-10-6-19(14(15)21)7-11(10)17-18-12/h2-5H,6-7H2,1H3,(H2,15,21)(H2,16,17,18,20). The van der Waals surface area contributed by atoms with E-state index >= 15 is 0 Å². The van der Waals surface area contributed by atoms with Crippen LogP contribution in [0.1, 0.15) is 27.2 Å². The van der Waals surface area contributed by atoms with Gasteiger partial charge in [-0.25, -0.2) is 4.79 Å². The number of aromatic amines is 1. The Labute approximate surface area is 121 Å². The third-order valence-electron chi connectivity index (χ3n) is 3.51. The van der Waals surface area contributed by atoms with Gasteiger partial charge in [-0.05, 0) is 19.1 Å². The number of primary amides is 1. The lowest BCUT2D eigenvalue weighted by Gasteiger charge is -2.11. The van der Waals surface area contributed by atoms with Gasteiger partial charge >= 0.3 is 6.03 Å². The molecule has 1 aromatic heterocycles. The number of urea groups is 1. The molecule has 0 fully saturated rings. The Balaban J connectivity index is 1.77. The zero-order valence-corrected chi connectivity index (χ0v) is 11.5. The fourth-order valence-electron chi connectivity index (χ4n) is 2.28. The number of carbonyl (C=O) groups is 2. The fourth-order valence-corrected chi connectivity index (χ4v) is 2.28. The van der Waals surface area contributed by atoms with Crippen LogP contribution in [-0.2, 0) is 13.1 Å². The molecule has 0 atom stereocenters. The molecule has 1 aromatic carbocycles. The van der Waals surface area contributed by atoms with Crippen LogP contribution in [0.3, 0.4) is 0 Å². The van der Waals surface area contributed by atoms with Crippen LogP contribution >= 0.6 is 0 Å². The molecule has 7 nitrogen and oxygen atoms in total. The van der Waals surface area contributed by atoms with Gasteiger partial charge in [0.1, 0.15) is 5.82 Å². The summed E-state index contributed by atoms with van der Waals surface area (Å²) < 4.78 is 0. The van der Waals surface area contributed by atoms with Crippen LogP contribution in [0.2, 0.25) is 0 Å². The summed E-state index contributed by atoms with van der Waals surface area (Å²) >= 11 is 0. The summed E-state index contributed by atoms with van der Waals surface area (Å²) in [6, 6.07) is 6.78. The molecule has 1 aliphatic rings. The van der Waals surface area contributed by atoms with Crippen molar-refractivity contribution >= 4 is 17.8 Å². The predicted molar refractivity (Wildman–Crippen MR) is 76.6 cm³/mol. The molecule has 0 unspecified atom stereocenters. The first-order chi connectivity index (χ1) is 10.0. The summed E-state index contributed by atoms with van der Waals surface area (Å²) in [5, 5.41) is 9.67. The average Bonchev–Trinajstić information content (AvgIpc) is 3.01. The number of aromatic nitrogens is 2. The van der Waals surface area contributed by atoms with Gasteiger partial charge in [0.05, 0.1) is 18.8 Å². The van der Waals surface area contributed by atoms with Crippen molar-refractivity contribution in [2.75, 3.05) is 5.32 Å². The number of nitrogens with two attached hydrogens (primary N) is 1. The van der Waals surface area contributed by atoms with Crippen molar-refractivity contribution in [1.82, 2.24) is 15.1 Å². The van der Waals surface area contributed by atoms with E-state index in [-0.39, 0.29) is 5.91 Å². The second kappa shape index (κ2) is 4.93. The van der Waals surface area contributed by atoms with E-state index in [1.807, 2.05) is 19.1 Å². The minimum atomic E-state index is -0.496. The number of fused-ring (bicyclic) bond motifs is 1. The lowest BCUT2D eigenvalue weighted by atomic mass is 10.1. The highest BCUT2D eigenvalue weighted by Gasteiger charge is 2.27. The van der Waals surface area contributed by atoms with Crippen molar-refractivity contribution in [3.63, 3.8) is 0 Å². The molecule has 0 radical (unpaired) electrons. The molecule has 0 spiro atoms. The molecule has 21 heavy (non-hydrogen) atoms. The van der Waals surface area contributed by atoms with E-state index in [1.54, 1.807) is 12.1 Å². The molecular weight excluding hydrogens is 270 g/mol. The van der Waals surface area contributed by atoms with E-state index in [9.17, 15) is 9.59 Å². The topological polar surface area (TPSA) is 104 Å². The Morgan fingerprint density at radius 2 is 2.00 bits per heavy atom. The summed E-state index contributed by atoms with van der Waals surface area (Å²) in [5.74, 6) is 0.290. The number of benzene rings is 1. The first-order valence-electron chi connectivity index (χ1n) is 6.53. The van der Waals surface area contributed by atoms with Gasteiger partial charge in [-0.2, -0.15) is 5.10 Å².